The standard InChI is InChI=1S/C16H21F4N/c1-10-9-13(17)7-8-14(10)15(21-2)11-3-5-12(6-4-11)16(18,19)20/h7-9,11-12,15,21H,3-6H2,1-2H3. The fraction of sp³-hybridized carbons (Fsp3) is 0.625. The first-order valence-electron chi connectivity index (χ1n) is 7.33. The Bertz CT molecular complexity index is 476. The average Bonchev–Trinajstić information content (AvgIpc) is 2.41. The van der Waals surface area contributed by atoms with Crippen molar-refractivity contribution in [1.82, 2.24) is 5.32 Å². The van der Waals surface area contributed by atoms with Crippen molar-refractivity contribution in [2.24, 2.45) is 11.8 Å². The second-order valence-electron chi connectivity index (χ2n) is 5.92. The maximum atomic E-state index is 13.2. The van der Waals surface area contributed by atoms with Gasteiger partial charge < -0.3 is 5.32 Å². The smallest absolute Gasteiger partial charge is 0.313 e. The van der Waals surface area contributed by atoms with Crippen LogP contribution in [-0.4, -0.2) is 13.2 Å². The Morgan fingerprint density at radius 3 is 2.24 bits per heavy atom. The van der Waals surface area contributed by atoms with Gasteiger partial charge >= 0.3 is 6.18 Å². The zero-order chi connectivity index (χ0) is 15.6. The molecule has 1 saturated carbocycles. The van der Waals surface area contributed by atoms with Crippen LogP contribution < -0.4 is 5.32 Å². The predicted molar refractivity (Wildman–Crippen MR) is 74.4 cm³/mol. The third-order valence-corrected chi connectivity index (χ3v) is 4.58. The summed E-state index contributed by atoms with van der Waals surface area (Å²) >= 11 is 0. The summed E-state index contributed by atoms with van der Waals surface area (Å²) in [6, 6.07) is 4.61. The molecule has 0 aromatic heterocycles. The highest BCUT2D eigenvalue weighted by Crippen LogP contribution is 2.43. The molecule has 1 unspecified atom stereocenters. The van der Waals surface area contributed by atoms with E-state index in [-0.39, 0.29) is 30.6 Å². The SMILES string of the molecule is CNC(c1ccc(F)cc1C)C1CCC(C(F)(F)F)CC1. The third-order valence-electron chi connectivity index (χ3n) is 4.58. The number of hydrogen-bond donors (Lipinski definition) is 1. The van der Waals surface area contributed by atoms with Gasteiger partial charge in [0.15, 0.2) is 0 Å². The van der Waals surface area contributed by atoms with Crippen LogP contribution in [0.3, 0.4) is 0 Å². The molecule has 5 heteroatoms. The fourth-order valence-corrected chi connectivity index (χ4v) is 3.41. The summed E-state index contributed by atoms with van der Waals surface area (Å²) in [5.74, 6) is -1.29. The molecule has 0 saturated heterocycles. The lowest BCUT2D eigenvalue weighted by Crippen LogP contribution is -2.33. The monoisotopic (exact) mass is 303 g/mol. The molecule has 118 valence electrons. The second kappa shape index (κ2) is 6.34. The molecule has 0 aliphatic heterocycles. The molecule has 21 heavy (non-hydrogen) atoms. The highest BCUT2D eigenvalue weighted by atomic mass is 19.4. The number of halogens is 4. The van der Waals surface area contributed by atoms with E-state index in [1.165, 1.54) is 12.1 Å². The lowest BCUT2D eigenvalue weighted by atomic mass is 9.76. The molecule has 1 N–H and O–H groups in total. The van der Waals surface area contributed by atoms with Gasteiger partial charge in [-0.05, 0) is 68.8 Å². The summed E-state index contributed by atoms with van der Waals surface area (Å²) < 4.78 is 51.4. The van der Waals surface area contributed by atoms with Crippen molar-refractivity contribution >= 4 is 0 Å². The van der Waals surface area contributed by atoms with Crippen molar-refractivity contribution in [2.45, 2.75) is 44.8 Å². The van der Waals surface area contributed by atoms with E-state index in [4.69, 9.17) is 0 Å². The molecule has 0 bridgehead atoms. The van der Waals surface area contributed by atoms with Crippen molar-refractivity contribution < 1.29 is 17.6 Å². The first-order chi connectivity index (χ1) is 9.82. The van der Waals surface area contributed by atoms with Crippen molar-refractivity contribution in [2.75, 3.05) is 7.05 Å². The van der Waals surface area contributed by atoms with E-state index in [9.17, 15) is 17.6 Å². The van der Waals surface area contributed by atoms with Crippen molar-refractivity contribution in [3.05, 3.63) is 35.1 Å². The van der Waals surface area contributed by atoms with E-state index < -0.39 is 12.1 Å². The molecule has 1 fully saturated rings. The summed E-state index contributed by atoms with van der Waals surface area (Å²) in [7, 11) is 1.81. The van der Waals surface area contributed by atoms with E-state index in [1.807, 2.05) is 14.0 Å². The van der Waals surface area contributed by atoms with E-state index >= 15 is 0 Å². The van der Waals surface area contributed by atoms with Gasteiger partial charge in [-0.1, -0.05) is 6.07 Å². The number of hydrogen-bond acceptors (Lipinski definition) is 1. The normalized spacial score (nSPS) is 24.9. The summed E-state index contributed by atoms with van der Waals surface area (Å²) in [4.78, 5) is 0. The molecule has 0 amide bonds. The van der Waals surface area contributed by atoms with Gasteiger partial charge in [0, 0.05) is 6.04 Å². The minimum absolute atomic E-state index is 0.0141. The van der Waals surface area contributed by atoms with Crippen LogP contribution in [0.5, 0.6) is 0 Å². The summed E-state index contributed by atoms with van der Waals surface area (Å²) in [5, 5.41) is 3.20. The Hall–Kier alpha value is -1.10. The van der Waals surface area contributed by atoms with E-state index in [0.29, 0.717) is 12.8 Å². The number of rotatable bonds is 3. The molecule has 1 nitrogen and oxygen atoms in total. The zero-order valence-electron chi connectivity index (χ0n) is 12.3. The average molecular weight is 303 g/mol. The first-order valence-corrected chi connectivity index (χ1v) is 7.33. The Morgan fingerprint density at radius 2 is 1.76 bits per heavy atom. The Kier molecular flexibility index (Phi) is 4.91. The summed E-state index contributed by atoms with van der Waals surface area (Å²) in [6.07, 6.45) is -2.61. The summed E-state index contributed by atoms with van der Waals surface area (Å²) in [6.45, 7) is 1.84. The molecule has 0 heterocycles. The largest absolute Gasteiger partial charge is 0.391 e. The third kappa shape index (κ3) is 3.76. The van der Waals surface area contributed by atoms with E-state index in [2.05, 4.69) is 5.32 Å². The second-order valence-corrected chi connectivity index (χ2v) is 5.92. The topological polar surface area (TPSA) is 12.0 Å². The van der Waals surface area contributed by atoms with Crippen LogP contribution in [0.4, 0.5) is 17.6 Å². The molecule has 1 atom stereocenters. The minimum atomic E-state index is -4.08. The highest BCUT2D eigenvalue weighted by Gasteiger charge is 2.42. The highest BCUT2D eigenvalue weighted by molar-refractivity contribution is 5.30. The van der Waals surface area contributed by atoms with Crippen LogP contribution in [-0.2, 0) is 0 Å². The molecule has 2 rings (SSSR count). The lowest BCUT2D eigenvalue weighted by Gasteiger charge is -2.35. The molecule has 0 radical (unpaired) electrons. The zero-order valence-corrected chi connectivity index (χ0v) is 12.3. The number of aryl methyl sites for hydroxylation is 1. The molecule has 1 aliphatic rings. The van der Waals surface area contributed by atoms with Crippen LogP contribution in [0, 0.1) is 24.6 Å². The maximum Gasteiger partial charge on any atom is 0.391 e. The Labute approximate surface area is 122 Å². The maximum absolute atomic E-state index is 13.2. The van der Waals surface area contributed by atoms with Crippen LogP contribution in [0.2, 0.25) is 0 Å². The number of benzene rings is 1. The summed E-state index contributed by atoms with van der Waals surface area (Å²) in [5.41, 5.74) is 1.82. The Morgan fingerprint density at radius 1 is 1.14 bits per heavy atom. The van der Waals surface area contributed by atoms with Crippen LogP contribution in [0.15, 0.2) is 18.2 Å². The quantitative estimate of drug-likeness (QED) is 0.794. The van der Waals surface area contributed by atoms with Crippen molar-refractivity contribution in [3.63, 3.8) is 0 Å². The van der Waals surface area contributed by atoms with E-state index in [0.717, 1.165) is 11.1 Å². The molecular weight excluding hydrogens is 282 g/mol. The molecule has 0 spiro atoms. The van der Waals surface area contributed by atoms with Gasteiger partial charge in [0.1, 0.15) is 5.82 Å². The predicted octanol–water partition coefficient (Wildman–Crippen LogP) is 4.76. The molecule has 1 aromatic rings. The molecular formula is C16H21F4N. The van der Waals surface area contributed by atoms with Crippen LogP contribution in [0.1, 0.15) is 42.9 Å². The van der Waals surface area contributed by atoms with Crippen LogP contribution in [0.25, 0.3) is 0 Å². The van der Waals surface area contributed by atoms with Gasteiger partial charge in [0.25, 0.3) is 0 Å². The van der Waals surface area contributed by atoms with Crippen LogP contribution >= 0.6 is 0 Å². The van der Waals surface area contributed by atoms with E-state index in [1.54, 1.807) is 6.07 Å². The minimum Gasteiger partial charge on any atom is -0.313 e. The molecule has 1 aliphatic carbocycles. The molecule has 1 aromatic carbocycles. The first kappa shape index (κ1) is 16.3. The van der Waals surface area contributed by atoms with Gasteiger partial charge in [-0.3, -0.25) is 0 Å². The van der Waals surface area contributed by atoms with Crippen molar-refractivity contribution in [1.29, 1.82) is 0 Å². The van der Waals surface area contributed by atoms with Crippen molar-refractivity contribution in [3.8, 4) is 0 Å². The van der Waals surface area contributed by atoms with Gasteiger partial charge in [-0.25, -0.2) is 4.39 Å². The number of alkyl halides is 3. The Balaban J connectivity index is 2.09. The van der Waals surface area contributed by atoms with Gasteiger partial charge in [0.2, 0.25) is 0 Å². The van der Waals surface area contributed by atoms with Gasteiger partial charge in [-0.2, -0.15) is 13.2 Å². The lowest BCUT2D eigenvalue weighted by molar-refractivity contribution is -0.184. The van der Waals surface area contributed by atoms with Gasteiger partial charge in [-0.15, -0.1) is 0 Å². The number of nitrogens with one attached hydrogen (secondary N) is 1. The van der Waals surface area contributed by atoms with Gasteiger partial charge in [0.05, 0.1) is 5.92 Å². The fourth-order valence-electron chi connectivity index (χ4n) is 3.41.